The van der Waals surface area contributed by atoms with Crippen molar-refractivity contribution >= 4 is 17.3 Å². The second-order valence-electron chi connectivity index (χ2n) is 6.28. The number of ether oxygens (including phenoxy) is 2. The van der Waals surface area contributed by atoms with Crippen LogP contribution in [-0.4, -0.2) is 38.8 Å². The van der Waals surface area contributed by atoms with Crippen LogP contribution in [0.4, 0.5) is 0 Å². The SMILES string of the molecule is CN=C(NCCc1ccc(OC)c(OC)c1)NCc1nc(-c2ccccc2)cs1. The second-order valence-corrected chi connectivity index (χ2v) is 7.23. The van der Waals surface area contributed by atoms with Crippen LogP contribution in [-0.2, 0) is 13.0 Å². The number of hydrogen-bond donors (Lipinski definition) is 2. The Morgan fingerprint density at radius 1 is 1.03 bits per heavy atom. The molecule has 2 aromatic carbocycles. The topological polar surface area (TPSA) is 67.8 Å². The van der Waals surface area contributed by atoms with Gasteiger partial charge >= 0.3 is 0 Å². The van der Waals surface area contributed by atoms with E-state index in [9.17, 15) is 0 Å². The first-order valence-corrected chi connectivity index (χ1v) is 10.3. The summed E-state index contributed by atoms with van der Waals surface area (Å²) in [6.07, 6.45) is 0.844. The molecule has 152 valence electrons. The predicted octanol–water partition coefficient (Wildman–Crippen LogP) is 3.74. The van der Waals surface area contributed by atoms with Crippen LogP contribution >= 0.6 is 11.3 Å². The molecule has 0 atom stereocenters. The molecule has 0 radical (unpaired) electrons. The lowest BCUT2D eigenvalue weighted by atomic mass is 10.1. The molecule has 3 aromatic rings. The lowest BCUT2D eigenvalue weighted by Gasteiger charge is -2.12. The molecule has 2 N–H and O–H groups in total. The molecule has 0 aliphatic carbocycles. The van der Waals surface area contributed by atoms with E-state index >= 15 is 0 Å². The Labute approximate surface area is 175 Å². The first-order valence-electron chi connectivity index (χ1n) is 9.38. The maximum absolute atomic E-state index is 5.36. The van der Waals surface area contributed by atoms with Gasteiger partial charge in [0.15, 0.2) is 17.5 Å². The van der Waals surface area contributed by atoms with Gasteiger partial charge in [0.2, 0.25) is 0 Å². The van der Waals surface area contributed by atoms with Crippen LogP contribution in [0.3, 0.4) is 0 Å². The fraction of sp³-hybridized carbons (Fsp3) is 0.273. The average Bonchev–Trinajstić information content (AvgIpc) is 3.25. The smallest absolute Gasteiger partial charge is 0.191 e. The van der Waals surface area contributed by atoms with Crippen molar-refractivity contribution in [2.45, 2.75) is 13.0 Å². The molecule has 6 nitrogen and oxygen atoms in total. The summed E-state index contributed by atoms with van der Waals surface area (Å²) < 4.78 is 10.6. The summed E-state index contributed by atoms with van der Waals surface area (Å²) in [6, 6.07) is 16.2. The summed E-state index contributed by atoms with van der Waals surface area (Å²) in [5.41, 5.74) is 3.30. The van der Waals surface area contributed by atoms with Gasteiger partial charge in [-0.15, -0.1) is 11.3 Å². The van der Waals surface area contributed by atoms with Crippen LogP contribution in [0.5, 0.6) is 11.5 Å². The van der Waals surface area contributed by atoms with E-state index in [1.165, 1.54) is 0 Å². The number of methoxy groups -OCH3 is 2. The molecule has 0 aliphatic heterocycles. The molecule has 3 rings (SSSR count). The van der Waals surface area contributed by atoms with Crippen molar-refractivity contribution in [1.29, 1.82) is 0 Å². The quantitative estimate of drug-likeness (QED) is 0.437. The highest BCUT2D eigenvalue weighted by Crippen LogP contribution is 2.27. The van der Waals surface area contributed by atoms with Crippen LogP contribution in [0.1, 0.15) is 10.6 Å². The van der Waals surface area contributed by atoms with Crippen LogP contribution in [0.25, 0.3) is 11.3 Å². The van der Waals surface area contributed by atoms with E-state index in [2.05, 4.69) is 33.1 Å². The third kappa shape index (κ3) is 5.71. The highest BCUT2D eigenvalue weighted by Gasteiger charge is 2.07. The van der Waals surface area contributed by atoms with Gasteiger partial charge in [0.1, 0.15) is 5.01 Å². The van der Waals surface area contributed by atoms with Crippen LogP contribution in [0, 0.1) is 0 Å². The molecule has 29 heavy (non-hydrogen) atoms. The number of aliphatic imine (C=N–C) groups is 1. The largest absolute Gasteiger partial charge is 0.493 e. The molecule has 1 aromatic heterocycles. The summed E-state index contributed by atoms with van der Waals surface area (Å²) >= 11 is 1.64. The van der Waals surface area contributed by atoms with Gasteiger partial charge in [-0.05, 0) is 24.1 Å². The first-order chi connectivity index (χ1) is 14.2. The van der Waals surface area contributed by atoms with E-state index in [1.807, 2.05) is 36.4 Å². The Kier molecular flexibility index (Phi) is 7.47. The molecule has 1 heterocycles. The monoisotopic (exact) mass is 410 g/mol. The van der Waals surface area contributed by atoms with Gasteiger partial charge in [0, 0.05) is 24.5 Å². The highest BCUT2D eigenvalue weighted by molar-refractivity contribution is 7.09. The van der Waals surface area contributed by atoms with Gasteiger partial charge < -0.3 is 20.1 Å². The number of nitrogens with zero attached hydrogens (tertiary/aromatic N) is 2. The number of nitrogens with one attached hydrogen (secondary N) is 2. The molecule has 0 unspecified atom stereocenters. The van der Waals surface area contributed by atoms with Crippen molar-refractivity contribution in [3.63, 3.8) is 0 Å². The average molecular weight is 411 g/mol. The van der Waals surface area contributed by atoms with Gasteiger partial charge in [-0.1, -0.05) is 36.4 Å². The van der Waals surface area contributed by atoms with Crippen molar-refractivity contribution in [1.82, 2.24) is 15.6 Å². The maximum Gasteiger partial charge on any atom is 0.191 e. The van der Waals surface area contributed by atoms with Gasteiger partial charge in [0.25, 0.3) is 0 Å². The second kappa shape index (κ2) is 10.5. The number of hydrogen-bond acceptors (Lipinski definition) is 5. The number of thiazole rings is 1. The number of rotatable bonds is 8. The van der Waals surface area contributed by atoms with Crippen molar-refractivity contribution in [2.75, 3.05) is 27.8 Å². The summed E-state index contributed by atoms with van der Waals surface area (Å²) in [6.45, 7) is 1.38. The Balaban J connectivity index is 1.48. The molecule has 0 amide bonds. The molecule has 0 bridgehead atoms. The molecule has 0 saturated heterocycles. The van der Waals surface area contributed by atoms with E-state index in [1.54, 1.807) is 32.6 Å². The zero-order valence-corrected chi connectivity index (χ0v) is 17.8. The zero-order chi connectivity index (χ0) is 20.5. The molecule has 0 aliphatic rings. The highest BCUT2D eigenvalue weighted by atomic mass is 32.1. The first kappa shape index (κ1) is 20.7. The predicted molar refractivity (Wildman–Crippen MR) is 119 cm³/mol. The minimum atomic E-state index is 0.632. The van der Waals surface area contributed by atoms with Gasteiger partial charge in [0.05, 0.1) is 26.5 Å². The fourth-order valence-electron chi connectivity index (χ4n) is 2.87. The van der Waals surface area contributed by atoms with E-state index in [-0.39, 0.29) is 0 Å². The van der Waals surface area contributed by atoms with Gasteiger partial charge in [-0.25, -0.2) is 4.98 Å². The molecule has 0 saturated carbocycles. The molecular formula is C22H26N4O2S. The van der Waals surface area contributed by atoms with Gasteiger partial charge in [-0.3, -0.25) is 4.99 Å². The summed E-state index contributed by atoms with van der Waals surface area (Å²) in [4.78, 5) is 8.98. The Morgan fingerprint density at radius 3 is 2.55 bits per heavy atom. The minimum absolute atomic E-state index is 0.632. The Hall–Kier alpha value is -3.06. The summed E-state index contributed by atoms with van der Waals surface area (Å²) in [5, 5.41) is 9.76. The molecular weight excluding hydrogens is 384 g/mol. The third-order valence-electron chi connectivity index (χ3n) is 4.41. The van der Waals surface area contributed by atoms with Crippen molar-refractivity contribution in [2.24, 2.45) is 4.99 Å². The van der Waals surface area contributed by atoms with Gasteiger partial charge in [-0.2, -0.15) is 0 Å². The van der Waals surface area contributed by atoms with Crippen molar-refractivity contribution in [3.8, 4) is 22.8 Å². The number of aromatic nitrogens is 1. The summed E-state index contributed by atoms with van der Waals surface area (Å²) in [7, 11) is 5.05. The van der Waals surface area contributed by atoms with E-state index in [4.69, 9.17) is 14.5 Å². The minimum Gasteiger partial charge on any atom is -0.493 e. The maximum atomic E-state index is 5.36. The number of guanidine groups is 1. The van der Waals surface area contributed by atoms with Crippen LogP contribution in [0.15, 0.2) is 58.9 Å². The molecule has 7 heteroatoms. The van der Waals surface area contributed by atoms with E-state index < -0.39 is 0 Å². The lowest BCUT2D eigenvalue weighted by molar-refractivity contribution is 0.354. The van der Waals surface area contributed by atoms with E-state index in [0.717, 1.165) is 52.3 Å². The van der Waals surface area contributed by atoms with Crippen LogP contribution in [0.2, 0.25) is 0 Å². The Morgan fingerprint density at radius 2 is 1.83 bits per heavy atom. The Bertz CT molecular complexity index is 941. The van der Waals surface area contributed by atoms with Crippen LogP contribution < -0.4 is 20.1 Å². The van der Waals surface area contributed by atoms with Crippen molar-refractivity contribution < 1.29 is 9.47 Å². The number of benzene rings is 2. The third-order valence-corrected chi connectivity index (χ3v) is 5.25. The fourth-order valence-corrected chi connectivity index (χ4v) is 3.62. The van der Waals surface area contributed by atoms with Crippen molar-refractivity contribution in [3.05, 3.63) is 64.5 Å². The standard InChI is InChI=1S/C22H26N4O2S/c1-23-22(24-12-11-16-9-10-19(27-2)20(13-16)28-3)25-14-21-26-18(15-29-21)17-7-5-4-6-8-17/h4-10,13,15H,11-12,14H2,1-3H3,(H2,23,24,25). The zero-order valence-electron chi connectivity index (χ0n) is 16.9. The summed E-state index contributed by atoms with van der Waals surface area (Å²) in [5.74, 6) is 2.23. The lowest BCUT2D eigenvalue weighted by Crippen LogP contribution is -2.37. The normalized spacial score (nSPS) is 11.2. The van der Waals surface area contributed by atoms with E-state index in [0.29, 0.717) is 6.54 Å². The molecule has 0 fully saturated rings. The molecule has 0 spiro atoms.